The minimum atomic E-state index is -0.335. The van der Waals surface area contributed by atoms with Gasteiger partial charge in [0.2, 0.25) is 5.91 Å². The molecule has 4 nitrogen and oxygen atoms in total. The number of anilines is 1. The van der Waals surface area contributed by atoms with Crippen LogP contribution in [0.2, 0.25) is 0 Å². The second-order valence-electron chi connectivity index (χ2n) is 5.64. The summed E-state index contributed by atoms with van der Waals surface area (Å²) in [4.78, 5) is 12.4. The second kappa shape index (κ2) is 8.11. The third kappa shape index (κ3) is 4.57. The Morgan fingerprint density at radius 1 is 1.23 bits per heavy atom. The van der Waals surface area contributed by atoms with Crippen LogP contribution in [0.15, 0.2) is 52.9 Å². The van der Waals surface area contributed by atoms with E-state index in [1.807, 2.05) is 38.1 Å². The SMILES string of the molecule is Cc1ccc(NC(=O)[C@H](C)Sc2nn(-c3ccc(F)cc3)c(=S)s2)cc1. The summed E-state index contributed by atoms with van der Waals surface area (Å²) >= 11 is 8.00. The molecule has 3 aromatic rings. The molecule has 1 atom stereocenters. The van der Waals surface area contributed by atoms with Gasteiger partial charge in [-0.3, -0.25) is 4.79 Å². The molecular weight excluding hydrogens is 389 g/mol. The van der Waals surface area contributed by atoms with Crippen LogP contribution < -0.4 is 5.32 Å². The van der Waals surface area contributed by atoms with Gasteiger partial charge in [0.1, 0.15) is 5.82 Å². The van der Waals surface area contributed by atoms with Crippen LogP contribution in [0.1, 0.15) is 12.5 Å². The predicted octanol–water partition coefficient (Wildman–Crippen LogP) is 5.23. The first-order valence-electron chi connectivity index (χ1n) is 7.82. The number of rotatable bonds is 5. The summed E-state index contributed by atoms with van der Waals surface area (Å²) in [7, 11) is 0. The Morgan fingerprint density at radius 2 is 1.88 bits per heavy atom. The Balaban J connectivity index is 1.69. The molecular formula is C18H16FN3OS3. The minimum Gasteiger partial charge on any atom is -0.325 e. The molecule has 8 heteroatoms. The fraction of sp³-hybridized carbons (Fsp3) is 0.167. The van der Waals surface area contributed by atoms with E-state index >= 15 is 0 Å². The first-order chi connectivity index (χ1) is 12.4. The van der Waals surface area contributed by atoms with E-state index < -0.39 is 0 Å². The maximum absolute atomic E-state index is 13.1. The normalized spacial score (nSPS) is 12.0. The molecule has 0 unspecified atom stereocenters. The molecule has 1 amide bonds. The molecule has 0 saturated carbocycles. The van der Waals surface area contributed by atoms with Gasteiger partial charge in [0.15, 0.2) is 8.29 Å². The summed E-state index contributed by atoms with van der Waals surface area (Å²) in [5, 5.41) is 7.00. The lowest BCUT2D eigenvalue weighted by molar-refractivity contribution is -0.115. The Hall–Kier alpha value is -2.03. The van der Waals surface area contributed by atoms with Crippen molar-refractivity contribution in [3.8, 4) is 5.69 Å². The standard InChI is InChI=1S/C18H16FN3OS3/c1-11-3-7-14(8-4-11)20-16(23)12(2)25-17-21-22(18(24)26-17)15-9-5-13(19)6-10-15/h3-10,12H,1-2H3,(H,20,23)/t12-/m0/s1. The van der Waals surface area contributed by atoms with Crippen LogP contribution in [0.4, 0.5) is 10.1 Å². The highest BCUT2D eigenvalue weighted by atomic mass is 32.2. The molecule has 1 heterocycles. The van der Waals surface area contributed by atoms with E-state index in [-0.39, 0.29) is 17.0 Å². The molecule has 1 aromatic heterocycles. The Morgan fingerprint density at radius 3 is 2.54 bits per heavy atom. The van der Waals surface area contributed by atoms with Crippen LogP contribution in [0.25, 0.3) is 5.69 Å². The topological polar surface area (TPSA) is 46.9 Å². The van der Waals surface area contributed by atoms with Gasteiger partial charge in [-0.1, -0.05) is 40.8 Å². The molecule has 0 aliphatic carbocycles. The first-order valence-corrected chi connectivity index (χ1v) is 9.93. The van der Waals surface area contributed by atoms with Crippen molar-refractivity contribution >= 4 is 46.9 Å². The average Bonchev–Trinajstić information content (AvgIpc) is 2.97. The average molecular weight is 406 g/mol. The lowest BCUT2D eigenvalue weighted by Crippen LogP contribution is -2.22. The van der Waals surface area contributed by atoms with Gasteiger partial charge in [-0.15, -0.1) is 5.10 Å². The highest BCUT2D eigenvalue weighted by Crippen LogP contribution is 2.28. The van der Waals surface area contributed by atoms with Gasteiger partial charge in [-0.2, -0.15) is 0 Å². The van der Waals surface area contributed by atoms with Crippen molar-refractivity contribution in [2.24, 2.45) is 0 Å². The minimum absolute atomic E-state index is 0.103. The van der Waals surface area contributed by atoms with E-state index in [4.69, 9.17) is 12.2 Å². The number of aromatic nitrogens is 2. The Kier molecular flexibility index (Phi) is 5.85. The molecule has 0 aliphatic rings. The van der Waals surface area contributed by atoms with Crippen molar-refractivity contribution in [2.75, 3.05) is 5.32 Å². The number of hydrogen-bond donors (Lipinski definition) is 1. The number of halogens is 1. The summed E-state index contributed by atoms with van der Waals surface area (Å²) in [6.07, 6.45) is 0. The van der Waals surface area contributed by atoms with Crippen LogP contribution in [0.3, 0.4) is 0 Å². The van der Waals surface area contributed by atoms with E-state index in [9.17, 15) is 9.18 Å². The van der Waals surface area contributed by atoms with Crippen molar-refractivity contribution < 1.29 is 9.18 Å². The summed E-state index contributed by atoms with van der Waals surface area (Å²) < 4.78 is 15.9. The van der Waals surface area contributed by atoms with E-state index in [0.29, 0.717) is 14.0 Å². The van der Waals surface area contributed by atoms with E-state index in [0.717, 1.165) is 11.3 Å². The van der Waals surface area contributed by atoms with Crippen molar-refractivity contribution in [3.63, 3.8) is 0 Å². The molecule has 0 fully saturated rings. The molecule has 0 bridgehead atoms. The number of thioether (sulfide) groups is 1. The quantitative estimate of drug-likeness (QED) is 0.466. The van der Waals surface area contributed by atoms with Gasteiger partial charge < -0.3 is 5.32 Å². The number of benzene rings is 2. The Labute approximate surface area is 164 Å². The van der Waals surface area contributed by atoms with Crippen LogP contribution in [0, 0.1) is 16.7 Å². The van der Waals surface area contributed by atoms with Gasteiger partial charge >= 0.3 is 0 Å². The highest BCUT2D eigenvalue weighted by Gasteiger charge is 2.17. The van der Waals surface area contributed by atoms with Gasteiger partial charge in [0.05, 0.1) is 10.9 Å². The van der Waals surface area contributed by atoms with Gasteiger partial charge in [-0.05, 0) is 62.5 Å². The zero-order chi connectivity index (χ0) is 18.7. The monoisotopic (exact) mass is 405 g/mol. The van der Waals surface area contributed by atoms with Crippen LogP contribution in [-0.4, -0.2) is 20.9 Å². The number of nitrogens with one attached hydrogen (secondary N) is 1. The maximum atomic E-state index is 13.1. The highest BCUT2D eigenvalue weighted by molar-refractivity contribution is 8.02. The van der Waals surface area contributed by atoms with Gasteiger partial charge in [0.25, 0.3) is 0 Å². The molecule has 0 spiro atoms. The number of carbonyl (C=O) groups is 1. The number of carbonyl (C=O) groups excluding carboxylic acids is 1. The smallest absolute Gasteiger partial charge is 0.237 e. The maximum Gasteiger partial charge on any atom is 0.237 e. The van der Waals surface area contributed by atoms with Crippen LogP contribution in [-0.2, 0) is 4.79 Å². The lowest BCUT2D eigenvalue weighted by Gasteiger charge is -2.10. The van der Waals surface area contributed by atoms with Gasteiger partial charge in [-0.25, -0.2) is 9.07 Å². The molecule has 134 valence electrons. The molecule has 1 N–H and O–H groups in total. The number of amides is 1. The fourth-order valence-electron chi connectivity index (χ4n) is 2.14. The summed E-state index contributed by atoms with van der Waals surface area (Å²) in [6, 6.07) is 13.6. The molecule has 2 aromatic carbocycles. The first kappa shape index (κ1) is 18.8. The van der Waals surface area contributed by atoms with Crippen molar-refractivity contribution in [1.29, 1.82) is 0 Å². The van der Waals surface area contributed by atoms with Crippen LogP contribution >= 0.6 is 35.3 Å². The van der Waals surface area contributed by atoms with E-state index in [1.54, 1.807) is 16.8 Å². The second-order valence-corrected chi connectivity index (χ2v) is 8.85. The summed E-state index contributed by atoms with van der Waals surface area (Å²) in [6.45, 7) is 3.82. The zero-order valence-corrected chi connectivity index (χ0v) is 16.6. The molecule has 0 radical (unpaired) electrons. The Bertz CT molecular complexity index is 965. The van der Waals surface area contributed by atoms with Crippen molar-refractivity contribution in [2.45, 2.75) is 23.4 Å². The number of nitrogens with zero attached hydrogens (tertiary/aromatic N) is 2. The number of aryl methyl sites for hydroxylation is 1. The third-order valence-electron chi connectivity index (χ3n) is 3.57. The zero-order valence-electron chi connectivity index (χ0n) is 14.1. The van der Waals surface area contributed by atoms with Crippen LogP contribution in [0.5, 0.6) is 0 Å². The molecule has 3 rings (SSSR count). The molecule has 0 aliphatic heterocycles. The van der Waals surface area contributed by atoms with Crippen molar-refractivity contribution in [3.05, 3.63) is 63.9 Å². The lowest BCUT2D eigenvalue weighted by atomic mass is 10.2. The van der Waals surface area contributed by atoms with E-state index in [1.165, 1.54) is 35.2 Å². The van der Waals surface area contributed by atoms with Crippen molar-refractivity contribution in [1.82, 2.24) is 9.78 Å². The van der Waals surface area contributed by atoms with Gasteiger partial charge in [0, 0.05) is 5.69 Å². The summed E-state index contributed by atoms with van der Waals surface area (Å²) in [5.74, 6) is -0.417. The largest absolute Gasteiger partial charge is 0.325 e. The predicted molar refractivity (Wildman–Crippen MR) is 107 cm³/mol. The van der Waals surface area contributed by atoms with E-state index in [2.05, 4.69) is 10.4 Å². The summed E-state index contributed by atoms with van der Waals surface area (Å²) in [5.41, 5.74) is 2.59. The molecule has 0 saturated heterocycles. The fourth-order valence-corrected chi connectivity index (χ4v) is 4.64. The number of hydrogen-bond acceptors (Lipinski definition) is 5. The third-order valence-corrected chi connectivity index (χ3v) is 5.98. The molecule has 26 heavy (non-hydrogen) atoms.